The fourth-order valence-electron chi connectivity index (χ4n) is 4.21. The number of benzene rings is 3. The molecule has 0 saturated carbocycles. The monoisotopic (exact) mass is 501 g/mol. The van der Waals surface area contributed by atoms with E-state index >= 15 is 0 Å². The standard InChI is InChI=1S/C30H31NO6/c1-19-27(28(32)22-10-12-23(35-4)13-11-22)25-16-24(36-5)14-15-26(25)31(19)17-20-6-8-21(9-7-20)18-37-30(2,3)29(33)34/h6-16H,17-18H2,1-5H3,(H,33,34). The van der Waals surface area contributed by atoms with Crippen molar-refractivity contribution >= 4 is 22.7 Å². The highest BCUT2D eigenvalue weighted by Gasteiger charge is 2.28. The molecule has 4 rings (SSSR count). The Hall–Kier alpha value is -4.10. The number of aromatic nitrogens is 1. The van der Waals surface area contributed by atoms with Gasteiger partial charge in [-0.05, 0) is 74.4 Å². The van der Waals surface area contributed by atoms with Crippen LogP contribution in [0.1, 0.15) is 46.6 Å². The first-order valence-electron chi connectivity index (χ1n) is 12.0. The molecule has 1 N–H and O–H groups in total. The van der Waals surface area contributed by atoms with Crippen LogP contribution in [0.2, 0.25) is 0 Å². The average molecular weight is 502 g/mol. The number of ketones is 1. The fourth-order valence-corrected chi connectivity index (χ4v) is 4.21. The molecule has 1 aromatic heterocycles. The van der Waals surface area contributed by atoms with Crippen LogP contribution < -0.4 is 9.47 Å². The summed E-state index contributed by atoms with van der Waals surface area (Å²) in [6.07, 6.45) is 0. The van der Waals surface area contributed by atoms with Gasteiger partial charge >= 0.3 is 5.97 Å². The minimum absolute atomic E-state index is 0.0642. The van der Waals surface area contributed by atoms with Gasteiger partial charge < -0.3 is 23.9 Å². The summed E-state index contributed by atoms with van der Waals surface area (Å²) in [5, 5.41) is 10.1. The summed E-state index contributed by atoms with van der Waals surface area (Å²) in [5.41, 5.74) is 3.69. The van der Waals surface area contributed by atoms with Gasteiger partial charge in [-0.15, -0.1) is 0 Å². The van der Waals surface area contributed by atoms with Crippen molar-refractivity contribution in [1.29, 1.82) is 0 Å². The molecule has 0 aliphatic carbocycles. The Morgan fingerprint density at radius 2 is 1.46 bits per heavy atom. The molecule has 3 aromatic carbocycles. The SMILES string of the molecule is COc1ccc(C(=O)c2c(C)n(Cc3ccc(COC(C)(C)C(=O)O)cc3)c3ccc(OC)cc23)cc1. The van der Waals surface area contributed by atoms with Gasteiger partial charge in [-0.3, -0.25) is 4.79 Å². The topological polar surface area (TPSA) is 87.0 Å². The zero-order valence-electron chi connectivity index (χ0n) is 21.7. The highest BCUT2D eigenvalue weighted by molar-refractivity contribution is 6.17. The zero-order valence-corrected chi connectivity index (χ0v) is 21.7. The van der Waals surface area contributed by atoms with Crippen molar-refractivity contribution in [1.82, 2.24) is 4.57 Å². The molecule has 0 unspecified atom stereocenters. The third-order valence-electron chi connectivity index (χ3n) is 6.59. The van der Waals surface area contributed by atoms with E-state index in [1.807, 2.05) is 49.4 Å². The van der Waals surface area contributed by atoms with E-state index < -0.39 is 11.6 Å². The van der Waals surface area contributed by atoms with E-state index in [9.17, 15) is 14.7 Å². The second-order valence-electron chi connectivity index (χ2n) is 9.41. The van der Waals surface area contributed by atoms with Crippen LogP contribution in [0.5, 0.6) is 11.5 Å². The van der Waals surface area contributed by atoms with Gasteiger partial charge in [-0.25, -0.2) is 4.79 Å². The van der Waals surface area contributed by atoms with E-state index in [-0.39, 0.29) is 12.4 Å². The Morgan fingerprint density at radius 3 is 2.05 bits per heavy atom. The number of nitrogens with zero attached hydrogens (tertiary/aromatic N) is 1. The summed E-state index contributed by atoms with van der Waals surface area (Å²) in [6.45, 7) is 5.78. The van der Waals surface area contributed by atoms with Crippen molar-refractivity contribution < 1.29 is 28.9 Å². The summed E-state index contributed by atoms with van der Waals surface area (Å²) in [7, 11) is 3.20. The lowest BCUT2D eigenvalue weighted by atomic mass is 10.0. The van der Waals surface area contributed by atoms with E-state index in [0.717, 1.165) is 27.7 Å². The van der Waals surface area contributed by atoms with Crippen LogP contribution >= 0.6 is 0 Å². The van der Waals surface area contributed by atoms with E-state index in [1.54, 1.807) is 38.5 Å². The third-order valence-corrected chi connectivity index (χ3v) is 6.59. The Balaban J connectivity index is 1.66. The number of carbonyl (C=O) groups excluding carboxylic acids is 1. The fraction of sp³-hybridized carbons (Fsp3) is 0.267. The molecule has 0 aliphatic heterocycles. The van der Waals surface area contributed by atoms with Gasteiger partial charge in [0.1, 0.15) is 11.5 Å². The van der Waals surface area contributed by atoms with Crippen LogP contribution in [-0.2, 0) is 22.7 Å². The summed E-state index contributed by atoms with van der Waals surface area (Å²) < 4.78 is 18.4. The second-order valence-corrected chi connectivity index (χ2v) is 9.41. The van der Waals surface area contributed by atoms with Gasteiger partial charge in [0.2, 0.25) is 0 Å². The highest BCUT2D eigenvalue weighted by Crippen LogP contribution is 2.32. The number of rotatable bonds is 10. The zero-order chi connectivity index (χ0) is 26.7. The Bertz CT molecular complexity index is 1430. The summed E-state index contributed by atoms with van der Waals surface area (Å²) >= 11 is 0. The van der Waals surface area contributed by atoms with Gasteiger partial charge in [0, 0.05) is 28.7 Å². The van der Waals surface area contributed by atoms with Crippen LogP contribution in [0, 0.1) is 6.92 Å². The maximum absolute atomic E-state index is 13.6. The summed E-state index contributed by atoms with van der Waals surface area (Å²) in [6, 6.07) is 20.7. The molecule has 7 nitrogen and oxygen atoms in total. The van der Waals surface area contributed by atoms with Crippen LogP contribution in [-0.4, -0.2) is 41.2 Å². The number of hydrogen-bond acceptors (Lipinski definition) is 5. The van der Waals surface area contributed by atoms with Gasteiger partial charge in [-0.1, -0.05) is 24.3 Å². The Morgan fingerprint density at radius 1 is 0.865 bits per heavy atom. The van der Waals surface area contributed by atoms with Gasteiger partial charge in [0.05, 0.1) is 26.4 Å². The van der Waals surface area contributed by atoms with Crippen LogP contribution in [0.4, 0.5) is 0 Å². The predicted octanol–water partition coefficient (Wildman–Crippen LogP) is 5.63. The van der Waals surface area contributed by atoms with Crippen molar-refractivity contribution in [3.05, 3.63) is 94.7 Å². The Labute approximate surface area is 216 Å². The maximum atomic E-state index is 13.6. The molecule has 192 valence electrons. The van der Waals surface area contributed by atoms with E-state index in [0.29, 0.717) is 29.2 Å². The quantitative estimate of drug-likeness (QED) is 0.284. The number of carbonyl (C=O) groups is 2. The highest BCUT2D eigenvalue weighted by atomic mass is 16.5. The molecular weight excluding hydrogens is 470 g/mol. The lowest BCUT2D eigenvalue weighted by molar-refractivity contribution is -0.162. The molecule has 0 aliphatic rings. The molecular formula is C30H31NO6. The lowest BCUT2D eigenvalue weighted by Crippen LogP contribution is -2.34. The van der Waals surface area contributed by atoms with E-state index in [1.165, 1.54) is 13.8 Å². The molecule has 37 heavy (non-hydrogen) atoms. The number of carboxylic acids is 1. The number of ether oxygens (including phenoxy) is 3. The lowest BCUT2D eigenvalue weighted by Gasteiger charge is -2.20. The van der Waals surface area contributed by atoms with Gasteiger partial charge in [-0.2, -0.15) is 0 Å². The third kappa shape index (κ3) is 5.37. The number of aliphatic carboxylic acids is 1. The second kappa shape index (κ2) is 10.5. The normalized spacial score (nSPS) is 11.5. The molecule has 0 atom stereocenters. The first-order valence-corrected chi connectivity index (χ1v) is 12.0. The van der Waals surface area contributed by atoms with Gasteiger partial charge in [0.15, 0.2) is 11.4 Å². The number of methoxy groups -OCH3 is 2. The average Bonchev–Trinajstić information content (AvgIpc) is 3.17. The Kier molecular flexibility index (Phi) is 7.36. The number of fused-ring (bicyclic) bond motifs is 1. The minimum Gasteiger partial charge on any atom is -0.497 e. The number of carboxylic acid groups (broad SMARTS) is 1. The van der Waals surface area contributed by atoms with Crippen LogP contribution in [0.15, 0.2) is 66.7 Å². The van der Waals surface area contributed by atoms with Crippen molar-refractivity contribution in [2.24, 2.45) is 0 Å². The van der Waals surface area contributed by atoms with Crippen molar-refractivity contribution in [3.63, 3.8) is 0 Å². The molecule has 0 spiro atoms. The first kappa shape index (κ1) is 26.0. The molecule has 7 heteroatoms. The maximum Gasteiger partial charge on any atom is 0.335 e. The summed E-state index contributed by atoms with van der Waals surface area (Å²) in [5.74, 6) is 0.307. The molecule has 0 fully saturated rings. The largest absolute Gasteiger partial charge is 0.497 e. The molecule has 0 bridgehead atoms. The van der Waals surface area contributed by atoms with Crippen molar-refractivity contribution in [3.8, 4) is 11.5 Å². The van der Waals surface area contributed by atoms with E-state index in [2.05, 4.69) is 4.57 Å². The van der Waals surface area contributed by atoms with Crippen LogP contribution in [0.25, 0.3) is 10.9 Å². The first-order chi connectivity index (χ1) is 17.6. The molecule has 0 saturated heterocycles. The molecule has 0 radical (unpaired) electrons. The van der Waals surface area contributed by atoms with Crippen LogP contribution in [0.3, 0.4) is 0 Å². The molecule has 1 heterocycles. The van der Waals surface area contributed by atoms with Crippen molar-refractivity contribution in [2.45, 2.75) is 39.5 Å². The van der Waals surface area contributed by atoms with E-state index in [4.69, 9.17) is 14.2 Å². The number of hydrogen-bond donors (Lipinski definition) is 1. The molecule has 0 amide bonds. The van der Waals surface area contributed by atoms with Gasteiger partial charge in [0.25, 0.3) is 0 Å². The van der Waals surface area contributed by atoms with Crippen molar-refractivity contribution in [2.75, 3.05) is 14.2 Å². The summed E-state index contributed by atoms with van der Waals surface area (Å²) in [4.78, 5) is 24.9. The smallest absolute Gasteiger partial charge is 0.335 e. The molecule has 4 aromatic rings. The predicted molar refractivity (Wildman–Crippen MR) is 142 cm³/mol. The minimum atomic E-state index is -1.26.